The summed E-state index contributed by atoms with van der Waals surface area (Å²) in [7, 11) is 0. The molecule has 0 N–H and O–H groups in total. The van der Waals surface area contributed by atoms with Crippen LogP contribution in [-0.2, 0) is 6.54 Å². The van der Waals surface area contributed by atoms with Crippen molar-refractivity contribution in [3.8, 4) is 17.1 Å². The fourth-order valence-electron chi connectivity index (χ4n) is 2.51. The lowest BCUT2D eigenvalue weighted by molar-refractivity contribution is 0.151. The first-order valence-corrected chi connectivity index (χ1v) is 6.55. The van der Waals surface area contributed by atoms with Crippen LogP contribution in [0.25, 0.3) is 17.1 Å². The molecular weight excluding hydrogens is 300 g/mol. The Hall–Kier alpha value is -2.28. The fraction of sp³-hybridized carbons (Fsp3) is 0.154. The topological polar surface area (TPSA) is 48.5 Å². The van der Waals surface area contributed by atoms with Crippen molar-refractivity contribution in [2.75, 3.05) is 0 Å². The second-order valence-electron chi connectivity index (χ2n) is 4.67. The summed E-state index contributed by atoms with van der Waals surface area (Å²) >= 11 is 6.10. The number of rotatable bonds is 1. The Morgan fingerprint density at radius 2 is 2.10 bits per heavy atom. The Kier molecular flexibility index (Phi) is 2.58. The lowest BCUT2D eigenvalue weighted by atomic mass is 10.1. The second-order valence-corrected chi connectivity index (χ2v) is 5.03. The van der Waals surface area contributed by atoms with E-state index in [1.165, 1.54) is 18.5 Å². The highest BCUT2D eigenvalue weighted by atomic mass is 35.5. The van der Waals surface area contributed by atoms with Gasteiger partial charge in [-0.1, -0.05) is 17.7 Å². The molecule has 0 spiro atoms. The van der Waals surface area contributed by atoms with Crippen LogP contribution in [0, 0.1) is 0 Å². The van der Waals surface area contributed by atoms with Crippen LogP contribution in [-0.4, -0.2) is 24.3 Å². The predicted octanol–water partition coefficient (Wildman–Crippen LogP) is 3.08. The maximum absolute atomic E-state index is 13.0. The lowest BCUT2D eigenvalue weighted by Gasteiger charge is -2.10. The highest BCUT2D eigenvalue weighted by molar-refractivity contribution is 6.30. The van der Waals surface area contributed by atoms with Gasteiger partial charge < -0.3 is 0 Å². The SMILES string of the molecule is FC(F)c1ccc2c(c1)-c1ncnn1Cc1c(Cl)ncn1-2. The highest BCUT2D eigenvalue weighted by Crippen LogP contribution is 2.34. The monoisotopic (exact) mass is 307 g/mol. The van der Waals surface area contributed by atoms with Gasteiger partial charge in [-0.25, -0.2) is 23.4 Å². The Balaban J connectivity index is 2.06. The third-order valence-corrected chi connectivity index (χ3v) is 3.82. The molecule has 0 radical (unpaired) electrons. The van der Waals surface area contributed by atoms with Crippen LogP contribution < -0.4 is 0 Å². The largest absolute Gasteiger partial charge is 0.299 e. The van der Waals surface area contributed by atoms with E-state index in [4.69, 9.17) is 11.6 Å². The molecule has 5 nitrogen and oxygen atoms in total. The van der Waals surface area contributed by atoms with Crippen LogP contribution in [0.15, 0.2) is 30.9 Å². The minimum absolute atomic E-state index is 0.0574. The van der Waals surface area contributed by atoms with Crippen LogP contribution in [0.1, 0.15) is 17.7 Å². The standard InChI is InChI=1S/C13H8ClF2N5/c14-11-10-4-21-13(17-5-19-21)8-3-7(12(15)16)1-2-9(8)20(10)6-18-11/h1-3,5-6,12H,4H2. The molecule has 0 atom stereocenters. The number of fused-ring (bicyclic) bond motifs is 5. The summed E-state index contributed by atoms with van der Waals surface area (Å²) in [5.74, 6) is 0.535. The molecule has 0 saturated heterocycles. The Labute approximate surface area is 122 Å². The number of aromatic nitrogens is 5. The van der Waals surface area contributed by atoms with Crippen LogP contribution in [0.5, 0.6) is 0 Å². The first-order valence-electron chi connectivity index (χ1n) is 6.17. The van der Waals surface area contributed by atoms with Gasteiger partial charge in [0.1, 0.15) is 12.7 Å². The Morgan fingerprint density at radius 1 is 1.24 bits per heavy atom. The maximum Gasteiger partial charge on any atom is 0.263 e. The minimum Gasteiger partial charge on any atom is -0.299 e. The molecule has 1 aromatic carbocycles. The molecule has 0 bridgehead atoms. The first kappa shape index (κ1) is 12.5. The zero-order chi connectivity index (χ0) is 14.6. The van der Waals surface area contributed by atoms with Gasteiger partial charge in [0, 0.05) is 11.1 Å². The summed E-state index contributed by atoms with van der Waals surface area (Å²) in [6, 6.07) is 4.46. The van der Waals surface area contributed by atoms with Gasteiger partial charge in [-0.3, -0.25) is 4.57 Å². The van der Waals surface area contributed by atoms with E-state index in [2.05, 4.69) is 15.1 Å². The first-order chi connectivity index (χ1) is 10.1. The van der Waals surface area contributed by atoms with Gasteiger partial charge >= 0.3 is 0 Å². The van der Waals surface area contributed by atoms with Gasteiger partial charge in [-0.05, 0) is 12.1 Å². The molecule has 3 aromatic rings. The van der Waals surface area contributed by atoms with Gasteiger partial charge in [-0.15, -0.1) is 0 Å². The molecule has 0 aliphatic carbocycles. The molecule has 0 saturated carbocycles. The second kappa shape index (κ2) is 4.36. The molecule has 0 fully saturated rings. The van der Waals surface area contributed by atoms with Crippen molar-refractivity contribution in [3.63, 3.8) is 0 Å². The molecule has 3 heterocycles. The van der Waals surface area contributed by atoms with Crippen molar-refractivity contribution in [2.24, 2.45) is 0 Å². The van der Waals surface area contributed by atoms with E-state index in [1.807, 2.05) is 0 Å². The number of imidazole rings is 1. The number of alkyl halides is 2. The number of halogens is 3. The van der Waals surface area contributed by atoms with Gasteiger partial charge in [0.15, 0.2) is 11.0 Å². The van der Waals surface area contributed by atoms with Crippen LogP contribution in [0.4, 0.5) is 8.78 Å². The van der Waals surface area contributed by atoms with E-state index in [1.54, 1.807) is 21.6 Å². The van der Waals surface area contributed by atoms with Gasteiger partial charge in [-0.2, -0.15) is 5.10 Å². The van der Waals surface area contributed by atoms with Crippen molar-refractivity contribution in [1.29, 1.82) is 0 Å². The molecular formula is C13H8ClF2N5. The van der Waals surface area contributed by atoms with E-state index >= 15 is 0 Å². The average molecular weight is 308 g/mol. The quantitative estimate of drug-likeness (QED) is 0.543. The van der Waals surface area contributed by atoms with Crippen LogP contribution in [0.3, 0.4) is 0 Å². The molecule has 21 heavy (non-hydrogen) atoms. The van der Waals surface area contributed by atoms with E-state index in [0.717, 1.165) is 5.69 Å². The maximum atomic E-state index is 13.0. The summed E-state index contributed by atoms with van der Waals surface area (Å²) in [5.41, 5.74) is 1.98. The van der Waals surface area contributed by atoms with E-state index in [0.29, 0.717) is 28.8 Å². The smallest absolute Gasteiger partial charge is 0.263 e. The number of benzene rings is 1. The molecule has 2 aromatic heterocycles. The van der Waals surface area contributed by atoms with Crippen molar-refractivity contribution in [1.82, 2.24) is 24.3 Å². The average Bonchev–Trinajstić information content (AvgIpc) is 3.04. The minimum atomic E-state index is -2.54. The van der Waals surface area contributed by atoms with E-state index in [-0.39, 0.29) is 5.56 Å². The molecule has 1 aliphatic heterocycles. The lowest BCUT2D eigenvalue weighted by Crippen LogP contribution is -2.04. The molecule has 106 valence electrons. The van der Waals surface area contributed by atoms with Crippen LogP contribution >= 0.6 is 11.6 Å². The zero-order valence-electron chi connectivity index (χ0n) is 10.5. The number of hydrogen-bond donors (Lipinski definition) is 0. The summed E-state index contributed by atoms with van der Waals surface area (Å²) in [5, 5.41) is 4.49. The predicted molar refractivity (Wildman–Crippen MR) is 71.6 cm³/mol. The van der Waals surface area contributed by atoms with Gasteiger partial charge in [0.2, 0.25) is 0 Å². The van der Waals surface area contributed by atoms with Crippen LogP contribution in [0.2, 0.25) is 5.15 Å². The zero-order valence-corrected chi connectivity index (χ0v) is 11.3. The molecule has 4 rings (SSSR count). The Morgan fingerprint density at radius 3 is 2.90 bits per heavy atom. The summed E-state index contributed by atoms with van der Waals surface area (Å²) in [6.45, 7) is 0.382. The third kappa shape index (κ3) is 1.77. The van der Waals surface area contributed by atoms with E-state index < -0.39 is 6.43 Å². The molecule has 0 amide bonds. The molecule has 0 unspecified atom stereocenters. The number of nitrogens with zero attached hydrogens (tertiary/aromatic N) is 5. The molecule has 1 aliphatic rings. The molecule has 8 heteroatoms. The summed E-state index contributed by atoms with van der Waals surface area (Å²) in [6.07, 6.45) is 0.430. The van der Waals surface area contributed by atoms with Gasteiger partial charge in [0.25, 0.3) is 6.43 Å². The van der Waals surface area contributed by atoms with Crippen molar-refractivity contribution in [2.45, 2.75) is 13.0 Å². The third-order valence-electron chi connectivity index (χ3n) is 3.50. The number of hydrogen-bond acceptors (Lipinski definition) is 3. The highest BCUT2D eigenvalue weighted by Gasteiger charge is 2.24. The van der Waals surface area contributed by atoms with Crippen molar-refractivity contribution in [3.05, 3.63) is 47.3 Å². The normalized spacial score (nSPS) is 12.8. The fourth-order valence-corrected chi connectivity index (χ4v) is 2.70. The van der Waals surface area contributed by atoms with Crippen molar-refractivity contribution >= 4 is 11.6 Å². The van der Waals surface area contributed by atoms with Gasteiger partial charge in [0.05, 0.1) is 17.9 Å². The summed E-state index contributed by atoms with van der Waals surface area (Å²) < 4.78 is 29.3. The summed E-state index contributed by atoms with van der Waals surface area (Å²) in [4.78, 5) is 8.25. The Bertz CT molecular complexity index is 839. The van der Waals surface area contributed by atoms with Crippen molar-refractivity contribution < 1.29 is 8.78 Å². The van der Waals surface area contributed by atoms with E-state index in [9.17, 15) is 8.78 Å².